The van der Waals surface area contributed by atoms with E-state index in [1.165, 1.54) is 31.9 Å². The number of aryl methyl sites for hydroxylation is 2. The maximum atomic E-state index is 15.0. The van der Waals surface area contributed by atoms with Gasteiger partial charge in [-0.15, -0.1) is 0 Å². The minimum atomic E-state index is -4.45. The van der Waals surface area contributed by atoms with Crippen LogP contribution in [0.15, 0.2) is 60.7 Å². The van der Waals surface area contributed by atoms with Gasteiger partial charge < -0.3 is 20.3 Å². The number of nitrogens with one attached hydrogen (secondary N) is 2. The van der Waals surface area contributed by atoms with Gasteiger partial charge in [-0.25, -0.2) is 4.39 Å². The minimum Gasteiger partial charge on any atom is -0.382 e. The number of ether oxygens (including phenoxy) is 1. The Morgan fingerprint density at radius 1 is 0.884 bits per heavy atom. The van der Waals surface area contributed by atoms with Crippen LogP contribution in [0.5, 0.6) is 0 Å². The Kier molecular flexibility index (Phi) is 8.11. The molecule has 9 heteroatoms. The molecule has 43 heavy (non-hydrogen) atoms. The highest BCUT2D eigenvalue weighted by atomic mass is 19.4. The van der Waals surface area contributed by atoms with Gasteiger partial charge in [0, 0.05) is 29.9 Å². The lowest BCUT2D eigenvalue weighted by Crippen LogP contribution is -2.45. The van der Waals surface area contributed by atoms with Crippen molar-refractivity contribution in [1.29, 1.82) is 0 Å². The zero-order chi connectivity index (χ0) is 30.3. The van der Waals surface area contributed by atoms with E-state index in [0.29, 0.717) is 30.3 Å². The Morgan fingerprint density at radius 3 is 2.30 bits per heavy atom. The summed E-state index contributed by atoms with van der Waals surface area (Å²) in [5, 5.41) is 6.72. The topological polar surface area (TPSA) is 56.9 Å². The first kappa shape index (κ1) is 29.5. The monoisotopic (exact) mass is 595 g/mol. The zero-order valence-corrected chi connectivity index (χ0v) is 24.4. The first-order valence-electron chi connectivity index (χ1n) is 15.1. The van der Waals surface area contributed by atoms with E-state index < -0.39 is 23.8 Å². The maximum absolute atomic E-state index is 15.0. The average molecular weight is 596 g/mol. The Labute approximate surface area is 249 Å². The van der Waals surface area contributed by atoms with E-state index in [1.807, 2.05) is 24.3 Å². The van der Waals surface area contributed by atoms with Crippen molar-refractivity contribution in [3.8, 4) is 0 Å². The van der Waals surface area contributed by atoms with Gasteiger partial charge in [-0.3, -0.25) is 4.79 Å². The van der Waals surface area contributed by atoms with Crippen molar-refractivity contribution in [2.75, 3.05) is 17.2 Å². The normalized spacial score (nSPS) is 24.2. The summed E-state index contributed by atoms with van der Waals surface area (Å²) >= 11 is 0. The largest absolute Gasteiger partial charge is 0.416 e. The fraction of sp³-hybridized carbons (Fsp3) is 0.441. The first-order chi connectivity index (χ1) is 20.6. The lowest BCUT2D eigenvalue weighted by molar-refractivity contribution is -0.138. The van der Waals surface area contributed by atoms with Crippen LogP contribution < -0.4 is 10.6 Å². The second kappa shape index (κ2) is 11.8. The molecule has 1 saturated carbocycles. The van der Waals surface area contributed by atoms with Gasteiger partial charge in [0.05, 0.1) is 17.2 Å². The van der Waals surface area contributed by atoms with Crippen LogP contribution in [0, 0.1) is 25.6 Å². The molecule has 5 nitrogen and oxygen atoms in total. The smallest absolute Gasteiger partial charge is 0.382 e. The number of benzene rings is 3. The van der Waals surface area contributed by atoms with Crippen LogP contribution in [-0.4, -0.2) is 35.7 Å². The van der Waals surface area contributed by atoms with Crippen molar-refractivity contribution < 1.29 is 27.1 Å². The number of alkyl halides is 3. The Hall–Kier alpha value is -3.59. The van der Waals surface area contributed by atoms with E-state index in [1.54, 1.807) is 30.0 Å². The number of hydrogen-bond donors (Lipinski definition) is 2. The summed E-state index contributed by atoms with van der Waals surface area (Å²) in [5.41, 5.74) is 2.38. The molecule has 2 aliphatic heterocycles. The average Bonchev–Trinajstić information content (AvgIpc) is 3.54. The van der Waals surface area contributed by atoms with E-state index >= 15 is 0 Å². The molecule has 3 fully saturated rings. The second-order valence-electron chi connectivity index (χ2n) is 12.1. The third-order valence-electron chi connectivity index (χ3n) is 9.15. The summed E-state index contributed by atoms with van der Waals surface area (Å²) in [6.07, 6.45) is 0.939. The number of piperidine rings is 1. The van der Waals surface area contributed by atoms with Crippen molar-refractivity contribution in [2.24, 2.45) is 5.92 Å². The predicted molar refractivity (Wildman–Crippen MR) is 158 cm³/mol. The molecule has 2 saturated heterocycles. The lowest BCUT2D eigenvalue weighted by Gasteiger charge is -2.41. The molecule has 0 bridgehead atoms. The molecular formula is C34H37F4N3O2. The third-order valence-corrected chi connectivity index (χ3v) is 9.15. The first-order valence-corrected chi connectivity index (χ1v) is 15.1. The molecule has 1 amide bonds. The van der Waals surface area contributed by atoms with Crippen LogP contribution in [0.3, 0.4) is 0 Å². The summed E-state index contributed by atoms with van der Waals surface area (Å²) in [6, 6.07) is 17.0. The molecule has 2 heterocycles. The van der Waals surface area contributed by atoms with Gasteiger partial charge in [0.25, 0.3) is 5.91 Å². The van der Waals surface area contributed by atoms with Gasteiger partial charge in [-0.2, -0.15) is 13.2 Å². The van der Waals surface area contributed by atoms with Crippen molar-refractivity contribution in [3.63, 3.8) is 0 Å². The molecule has 2 N–H and O–H groups in total. The van der Waals surface area contributed by atoms with Crippen LogP contribution in [0.2, 0.25) is 0 Å². The fourth-order valence-corrected chi connectivity index (χ4v) is 6.90. The number of anilines is 2. The van der Waals surface area contributed by atoms with E-state index in [0.717, 1.165) is 36.6 Å². The summed E-state index contributed by atoms with van der Waals surface area (Å²) in [4.78, 5) is 15.7. The van der Waals surface area contributed by atoms with Crippen LogP contribution in [-0.2, 0) is 10.9 Å². The number of carbonyl (C=O) groups is 1. The van der Waals surface area contributed by atoms with Gasteiger partial charge >= 0.3 is 6.18 Å². The molecule has 0 spiro atoms. The summed E-state index contributed by atoms with van der Waals surface area (Å²) < 4.78 is 61.6. The number of hydrogen-bond acceptors (Lipinski definition) is 4. The Balaban J connectivity index is 1.27. The summed E-state index contributed by atoms with van der Waals surface area (Å²) in [5.74, 6) is -1.05. The van der Waals surface area contributed by atoms with Crippen molar-refractivity contribution >= 4 is 17.3 Å². The number of epoxide rings is 1. The molecule has 0 aromatic heterocycles. The van der Waals surface area contributed by atoms with Gasteiger partial charge in [0.1, 0.15) is 11.9 Å². The lowest BCUT2D eigenvalue weighted by atomic mass is 9.81. The molecule has 3 aliphatic rings. The third kappa shape index (κ3) is 6.23. The molecule has 6 rings (SSSR count). The van der Waals surface area contributed by atoms with E-state index in [-0.39, 0.29) is 35.1 Å². The highest BCUT2D eigenvalue weighted by Crippen LogP contribution is 2.46. The molecule has 0 radical (unpaired) electrons. The number of likely N-dealkylation sites (tertiary alicyclic amines) is 1. The fourth-order valence-electron chi connectivity index (χ4n) is 6.90. The Bertz CT molecular complexity index is 1450. The van der Waals surface area contributed by atoms with Crippen molar-refractivity contribution in [3.05, 3.63) is 94.3 Å². The second-order valence-corrected chi connectivity index (χ2v) is 12.1. The minimum absolute atomic E-state index is 0.0680. The van der Waals surface area contributed by atoms with Gasteiger partial charge in [0.15, 0.2) is 6.23 Å². The predicted octanol–water partition coefficient (Wildman–Crippen LogP) is 8.25. The highest BCUT2D eigenvalue weighted by Gasteiger charge is 2.51. The van der Waals surface area contributed by atoms with E-state index in [2.05, 4.69) is 10.6 Å². The molecule has 4 atom stereocenters. The molecule has 1 aliphatic carbocycles. The van der Waals surface area contributed by atoms with Crippen molar-refractivity contribution in [1.82, 2.24) is 4.90 Å². The summed E-state index contributed by atoms with van der Waals surface area (Å²) in [6.45, 7) is 3.64. The highest BCUT2D eigenvalue weighted by molar-refractivity contribution is 5.96. The molecule has 228 valence electrons. The number of nitrogens with zero attached hydrogens (tertiary/aromatic N) is 1. The molecule has 3 aromatic carbocycles. The number of rotatable bonds is 7. The van der Waals surface area contributed by atoms with Crippen LogP contribution >= 0.6 is 0 Å². The molecule has 2 unspecified atom stereocenters. The zero-order valence-electron chi connectivity index (χ0n) is 24.4. The van der Waals surface area contributed by atoms with Crippen LogP contribution in [0.25, 0.3) is 0 Å². The van der Waals surface area contributed by atoms with Gasteiger partial charge in [-0.05, 0) is 86.6 Å². The standard InChI is InChI=1S/C34H37F4N3O2/c1-20-12-15-25(19-27(20)34(36,37)38)40-32-31(43-32)26-10-6-18-41(33(42)29-21(2)7-5-11-28(29)35)30(26)22-13-16-24(17-14-22)39-23-8-3-4-9-23/h5,7,11-17,19,23,26,30-32,39-40H,3-4,6,8-10,18H2,1-2H3/t26?,30?,31-,32-/m1/s1. The summed E-state index contributed by atoms with van der Waals surface area (Å²) in [7, 11) is 0. The van der Waals surface area contributed by atoms with Gasteiger partial charge in [-0.1, -0.05) is 43.2 Å². The number of carbonyl (C=O) groups excluding carboxylic acids is 1. The Morgan fingerprint density at radius 2 is 1.60 bits per heavy atom. The van der Waals surface area contributed by atoms with Gasteiger partial charge in [0.2, 0.25) is 0 Å². The molecule has 3 aromatic rings. The number of halogens is 4. The van der Waals surface area contributed by atoms with E-state index in [4.69, 9.17) is 4.74 Å². The van der Waals surface area contributed by atoms with Crippen molar-refractivity contribution in [2.45, 2.75) is 83.0 Å². The maximum Gasteiger partial charge on any atom is 0.416 e. The number of amides is 1. The van der Waals surface area contributed by atoms with Crippen LogP contribution in [0.1, 0.15) is 77.2 Å². The molecular weight excluding hydrogens is 558 g/mol. The van der Waals surface area contributed by atoms with Crippen LogP contribution in [0.4, 0.5) is 28.9 Å². The van der Waals surface area contributed by atoms with E-state index in [9.17, 15) is 22.4 Å². The SMILES string of the molecule is Cc1ccc(N[C@@H]2O[C@@H]2C2CCCN(C(=O)c3c(C)cccc3F)C2c2ccc(NC3CCCC3)cc2)cc1C(F)(F)F. The quantitative estimate of drug-likeness (QED) is 0.213.